The lowest BCUT2D eigenvalue weighted by atomic mass is 9.70. The number of amides is 1. The van der Waals surface area contributed by atoms with Gasteiger partial charge in [-0.2, -0.15) is 0 Å². The maximum atomic E-state index is 13.4. The van der Waals surface area contributed by atoms with Crippen molar-refractivity contribution in [3.63, 3.8) is 0 Å². The first-order valence-corrected chi connectivity index (χ1v) is 10.4. The minimum Gasteiger partial charge on any atom is -0.364 e. The number of aromatic nitrogens is 2. The molecule has 0 aliphatic heterocycles. The van der Waals surface area contributed by atoms with Crippen LogP contribution in [0.3, 0.4) is 0 Å². The highest BCUT2D eigenvalue weighted by Gasteiger charge is 2.30. The highest BCUT2D eigenvalue weighted by Crippen LogP contribution is 2.45. The molecule has 1 saturated carbocycles. The SMILES string of the molecule is CC1(C)CCCC(c2ccc(F)c(F)c2Cl)C1.NC(=O)c1nccc2[nH]ccc(=O)c12. The third-order valence-corrected chi connectivity index (χ3v) is 6.00. The highest BCUT2D eigenvalue weighted by atomic mass is 35.5. The summed E-state index contributed by atoms with van der Waals surface area (Å²) in [5.41, 5.74) is 6.42. The zero-order valence-corrected chi connectivity index (χ0v) is 18.1. The molecular formula is C23H24ClF2N3O2. The average Bonchev–Trinajstić information content (AvgIpc) is 2.71. The van der Waals surface area contributed by atoms with E-state index < -0.39 is 17.5 Å². The molecule has 1 aliphatic carbocycles. The van der Waals surface area contributed by atoms with E-state index in [-0.39, 0.29) is 32.9 Å². The molecule has 0 spiro atoms. The van der Waals surface area contributed by atoms with Crippen LogP contribution in [0, 0.1) is 17.0 Å². The van der Waals surface area contributed by atoms with Gasteiger partial charge in [-0.05, 0) is 48.3 Å². The number of benzene rings is 1. The van der Waals surface area contributed by atoms with Gasteiger partial charge in [0.15, 0.2) is 17.1 Å². The van der Waals surface area contributed by atoms with E-state index in [1.165, 1.54) is 30.9 Å². The van der Waals surface area contributed by atoms with Crippen LogP contribution in [0.4, 0.5) is 8.78 Å². The summed E-state index contributed by atoms with van der Waals surface area (Å²) in [5, 5.41) is 0.204. The lowest BCUT2D eigenvalue weighted by Crippen LogP contribution is -2.21. The molecule has 31 heavy (non-hydrogen) atoms. The van der Waals surface area contributed by atoms with E-state index in [0.717, 1.165) is 24.8 Å². The molecule has 0 bridgehead atoms. The summed E-state index contributed by atoms with van der Waals surface area (Å²) in [6, 6.07) is 5.75. The first kappa shape index (κ1) is 22.9. The fraction of sp³-hybridized carbons (Fsp3) is 0.348. The predicted molar refractivity (Wildman–Crippen MR) is 117 cm³/mol. The summed E-state index contributed by atoms with van der Waals surface area (Å²) < 4.78 is 26.5. The van der Waals surface area contributed by atoms with E-state index in [1.807, 2.05) is 0 Å². The molecule has 1 atom stereocenters. The molecule has 1 aromatic carbocycles. The van der Waals surface area contributed by atoms with Crippen LogP contribution < -0.4 is 11.2 Å². The molecule has 8 heteroatoms. The van der Waals surface area contributed by atoms with E-state index in [9.17, 15) is 18.4 Å². The lowest BCUT2D eigenvalue weighted by Gasteiger charge is -2.35. The summed E-state index contributed by atoms with van der Waals surface area (Å²) >= 11 is 5.91. The molecule has 2 heterocycles. The molecular weight excluding hydrogens is 424 g/mol. The summed E-state index contributed by atoms with van der Waals surface area (Å²) in [4.78, 5) is 29.0. The molecule has 1 aliphatic rings. The Hall–Kier alpha value is -2.80. The number of hydrogen-bond acceptors (Lipinski definition) is 3. The van der Waals surface area contributed by atoms with Crippen LogP contribution in [0.25, 0.3) is 10.9 Å². The van der Waals surface area contributed by atoms with Crippen LogP contribution in [0.2, 0.25) is 5.02 Å². The zero-order valence-electron chi connectivity index (χ0n) is 17.3. The summed E-state index contributed by atoms with van der Waals surface area (Å²) in [6.07, 6.45) is 7.23. The molecule has 0 saturated heterocycles. The van der Waals surface area contributed by atoms with Gasteiger partial charge < -0.3 is 10.7 Å². The maximum Gasteiger partial charge on any atom is 0.268 e. The number of halogens is 3. The second kappa shape index (κ2) is 9.14. The van der Waals surface area contributed by atoms with E-state index >= 15 is 0 Å². The molecule has 3 aromatic rings. The highest BCUT2D eigenvalue weighted by molar-refractivity contribution is 6.31. The maximum absolute atomic E-state index is 13.4. The van der Waals surface area contributed by atoms with Gasteiger partial charge in [0.05, 0.1) is 15.9 Å². The largest absolute Gasteiger partial charge is 0.364 e. The number of rotatable bonds is 2. The molecule has 4 rings (SSSR count). The molecule has 1 amide bonds. The quantitative estimate of drug-likeness (QED) is 0.521. The number of primary amides is 1. The Balaban J connectivity index is 0.000000179. The van der Waals surface area contributed by atoms with Crippen LogP contribution in [0.5, 0.6) is 0 Å². The Morgan fingerprint density at radius 1 is 1.26 bits per heavy atom. The fourth-order valence-electron chi connectivity index (χ4n) is 4.13. The summed E-state index contributed by atoms with van der Waals surface area (Å²) in [7, 11) is 0. The Morgan fingerprint density at radius 3 is 2.68 bits per heavy atom. The molecule has 164 valence electrons. The minimum atomic E-state index is -0.910. The van der Waals surface area contributed by atoms with Crippen molar-refractivity contribution in [3.05, 3.63) is 74.8 Å². The topological polar surface area (TPSA) is 88.8 Å². The summed E-state index contributed by atoms with van der Waals surface area (Å²) in [5.74, 6) is -2.23. The normalized spacial score (nSPS) is 17.6. The number of nitrogens with two attached hydrogens (primary N) is 1. The first-order valence-electron chi connectivity index (χ1n) is 10.0. The molecule has 5 nitrogen and oxygen atoms in total. The van der Waals surface area contributed by atoms with Gasteiger partial charge in [-0.15, -0.1) is 0 Å². The van der Waals surface area contributed by atoms with Crippen molar-refractivity contribution < 1.29 is 13.6 Å². The third-order valence-electron chi connectivity index (χ3n) is 5.61. The monoisotopic (exact) mass is 447 g/mol. The van der Waals surface area contributed by atoms with Gasteiger partial charge in [0.1, 0.15) is 5.69 Å². The van der Waals surface area contributed by atoms with Gasteiger partial charge in [0.25, 0.3) is 5.91 Å². The Bertz CT molecular complexity index is 1170. The molecule has 1 unspecified atom stereocenters. The number of hydrogen-bond donors (Lipinski definition) is 2. The Morgan fingerprint density at radius 2 is 2.00 bits per heavy atom. The number of fused-ring (bicyclic) bond motifs is 1. The number of nitrogens with one attached hydrogen (secondary N) is 1. The second-order valence-electron chi connectivity index (χ2n) is 8.51. The average molecular weight is 448 g/mol. The van der Waals surface area contributed by atoms with Gasteiger partial charge in [-0.25, -0.2) is 8.78 Å². The van der Waals surface area contributed by atoms with Crippen LogP contribution in [0.15, 0.2) is 41.5 Å². The van der Waals surface area contributed by atoms with Crippen molar-refractivity contribution in [2.24, 2.45) is 11.1 Å². The van der Waals surface area contributed by atoms with Crippen molar-refractivity contribution >= 4 is 28.4 Å². The van der Waals surface area contributed by atoms with E-state index in [2.05, 4.69) is 23.8 Å². The van der Waals surface area contributed by atoms with Crippen molar-refractivity contribution in [1.29, 1.82) is 0 Å². The smallest absolute Gasteiger partial charge is 0.268 e. The molecule has 1 fully saturated rings. The van der Waals surface area contributed by atoms with E-state index in [0.29, 0.717) is 5.52 Å². The summed E-state index contributed by atoms with van der Waals surface area (Å²) in [6.45, 7) is 4.43. The number of carbonyl (C=O) groups is 1. The van der Waals surface area contributed by atoms with E-state index in [1.54, 1.807) is 12.1 Å². The van der Waals surface area contributed by atoms with Gasteiger partial charge in [0.2, 0.25) is 0 Å². The second-order valence-corrected chi connectivity index (χ2v) is 8.89. The number of aromatic amines is 1. The van der Waals surface area contributed by atoms with Crippen LogP contribution in [0.1, 0.15) is 61.5 Å². The van der Waals surface area contributed by atoms with Crippen molar-refractivity contribution in [1.82, 2.24) is 9.97 Å². The van der Waals surface area contributed by atoms with Crippen LogP contribution in [-0.2, 0) is 0 Å². The molecule has 0 radical (unpaired) electrons. The van der Waals surface area contributed by atoms with E-state index in [4.69, 9.17) is 17.3 Å². The van der Waals surface area contributed by atoms with Gasteiger partial charge in [-0.3, -0.25) is 14.6 Å². The van der Waals surface area contributed by atoms with Crippen molar-refractivity contribution in [2.75, 3.05) is 0 Å². The van der Waals surface area contributed by atoms with Crippen molar-refractivity contribution in [2.45, 2.75) is 45.4 Å². The van der Waals surface area contributed by atoms with Gasteiger partial charge in [0, 0.05) is 18.5 Å². The zero-order chi connectivity index (χ0) is 22.8. The first-order chi connectivity index (χ1) is 14.6. The van der Waals surface area contributed by atoms with Gasteiger partial charge >= 0.3 is 0 Å². The lowest BCUT2D eigenvalue weighted by molar-refractivity contribution is 0.0997. The van der Waals surface area contributed by atoms with Crippen LogP contribution in [-0.4, -0.2) is 15.9 Å². The minimum absolute atomic E-state index is 0.00403. The fourth-order valence-corrected chi connectivity index (χ4v) is 4.44. The number of nitrogens with zero attached hydrogens (tertiary/aromatic N) is 1. The predicted octanol–water partition coefficient (Wildman–Crippen LogP) is 5.32. The number of pyridine rings is 2. The number of H-pyrrole nitrogens is 1. The Kier molecular flexibility index (Phi) is 6.74. The van der Waals surface area contributed by atoms with Gasteiger partial charge in [-0.1, -0.05) is 37.9 Å². The third kappa shape index (κ3) is 5.10. The Labute approximate surface area is 183 Å². The standard InChI is InChI=1S/C14H17ClF2.C9H7N3O2/c1-14(2)7-3-4-9(8-14)10-5-6-11(16)13(17)12(10)15;10-9(14)8-7-5(1-3-12-8)11-4-2-6(7)13/h5-6,9H,3-4,7-8H2,1-2H3;1-4H,(H2,10,14)(H,11,13). The van der Waals surface area contributed by atoms with Crippen molar-refractivity contribution in [3.8, 4) is 0 Å². The molecule has 3 N–H and O–H groups in total. The number of carbonyl (C=O) groups excluding carboxylic acids is 1. The molecule has 2 aromatic heterocycles. The van der Waals surface area contributed by atoms with Crippen LogP contribution >= 0.6 is 11.6 Å².